The topological polar surface area (TPSA) is 70.2 Å². The van der Waals surface area contributed by atoms with Crippen LogP contribution in [0.15, 0.2) is 29.4 Å². The third-order valence-electron chi connectivity index (χ3n) is 3.74. The third kappa shape index (κ3) is 4.86. The molecule has 0 bridgehead atoms. The molecular weight excluding hydrogens is 400 g/mol. The number of nitrogens with one attached hydrogen (secondary N) is 3. The van der Waals surface area contributed by atoms with E-state index in [0.29, 0.717) is 11.1 Å². The van der Waals surface area contributed by atoms with Gasteiger partial charge in [0.1, 0.15) is 5.82 Å². The van der Waals surface area contributed by atoms with Crippen molar-refractivity contribution in [2.75, 3.05) is 0 Å². The van der Waals surface area contributed by atoms with Gasteiger partial charge >= 0.3 is 12.4 Å². The SMILES string of the molecule is C=C(NNS(=O)(=O)c1c(C)cc(C)cc1C)NC(C)(C(F)(F)F)C(F)(F)F. The summed E-state index contributed by atoms with van der Waals surface area (Å²) in [5, 5.41) is 1.15. The number of alkyl halides is 6. The molecule has 0 spiro atoms. The molecule has 0 radical (unpaired) electrons. The van der Waals surface area contributed by atoms with Crippen LogP contribution >= 0.6 is 0 Å². The Labute approximate surface area is 152 Å². The average molecular weight is 419 g/mol. The van der Waals surface area contributed by atoms with Crippen LogP contribution < -0.4 is 15.6 Å². The van der Waals surface area contributed by atoms with Gasteiger partial charge in [-0.1, -0.05) is 24.3 Å². The van der Waals surface area contributed by atoms with Crippen molar-refractivity contribution in [2.45, 2.75) is 50.5 Å². The lowest BCUT2D eigenvalue weighted by atomic mass is 10.0. The van der Waals surface area contributed by atoms with Gasteiger partial charge in [0, 0.05) is 0 Å². The van der Waals surface area contributed by atoms with E-state index in [1.165, 1.54) is 13.8 Å². The second-order valence-corrected chi connectivity index (χ2v) is 7.80. The van der Waals surface area contributed by atoms with Crippen LogP contribution in [-0.4, -0.2) is 26.3 Å². The molecule has 0 aliphatic rings. The van der Waals surface area contributed by atoms with Gasteiger partial charge in [-0.2, -0.15) is 26.3 Å². The van der Waals surface area contributed by atoms with Crippen LogP contribution in [0.25, 0.3) is 0 Å². The van der Waals surface area contributed by atoms with E-state index in [1.54, 1.807) is 29.3 Å². The molecule has 1 aromatic carbocycles. The van der Waals surface area contributed by atoms with Crippen molar-refractivity contribution in [3.63, 3.8) is 0 Å². The standard InChI is InChI=1S/C15H19F6N3O2S/c1-8-6-9(2)12(10(3)7-8)27(25,26)24-23-11(4)22-13(5,14(16,17)18)15(19,20)21/h6-7,22-24H,4H2,1-3,5H3. The number of sulfonamides is 1. The summed E-state index contributed by atoms with van der Waals surface area (Å²) >= 11 is 0. The van der Waals surface area contributed by atoms with Gasteiger partial charge in [0.15, 0.2) is 0 Å². The highest BCUT2D eigenvalue weighted by Crippen LogP contribution is 2.43. The fourth-order valence-electron chi connectivity index (χ4n) is 2.41. The second-order valence-electron chi connectivity index (χ2n) is 6.18. The van der Waals surface area contributed by atoms with Crippen LogP contribution in [0.5, 0.6) is 0 Å². The van der Waals surface area contributed by atoms with Crippen LogP contribution in [0.4, 0.5) is 26.3 Å². The molecule has 154 valence electrons. The monoisotopic (exact) mass is 419 g/mol. The molecule has 3 N–H and O–H groups in total. The predicted octanol–water partition coefficient (Wildman–Crippen LogP) is 3.34. The summed E-state index contributed by atoms with van der Waals surface area (Å²) in [4.78, 5) is 1.58. The lowest BCUT2D eigenvalue weighted by Gasteiger charge is -2.36. The molecule has 0 aliphatic heterocycles. The van der Waals surface area contributed by atoms with Crippen molar-refractivity contribution < 1.29 is 34.8 Å². The minimum atomic E-state index is -5.71. The highest BCUT2D eigenvalue weighted by atomic mass is 32.2. The molecule has 0 saturated carbocycles. The molecule has 0 aromatic heterocycles. The maximum Gasteiger partial charge on any atom is 0.420 e. The van der Waals surface area contributed by atoms with Crippen LogP contribution in [0.2, 0.25) is 0 Å². The maximum absolute atomic E-state index is 12.9. The number of hydrogen-bond donors (Lipinski definition) is 3. The number of benzene rings is 1. The van der Waals surface area contributed by atoms with Crippen molar-refractivity contribution in [1.82, 2.24) is 15.6 Å². The van der Waals surface area contributed by atoms with Gasteiger partial charge in [-0.15, -0.1) is 4.83 Å². The Hall–Kier alpha value is -1.95. The van der Waals surface area contributed by atoms with E-state index >= 15 is 0 Å². The smallest absolute Gasteiger partial charge is 0.350 e. The zero-order valence-electron chi connectivity index (χ0n) is 14.9. The van der Waals surface area contributed by atoms with Crippen molar-refractivity contribution >= 4 is 10.0 Å². The Balaban J connectivity index is 3.03. The molecular formula is C15H19F6N3O2S. The molecule has 12 heteroatoms. The van der Waals surface area contributed by atoms with Crippen LogP contribution in [0, 0.1) is 20.8 Å². The van der Waals surface area contributed by atoms with E-state index in [1.807, 2.05) is 0 Å². The van der Waals surface area contributed by atoms with Crippen LogP contribution in [0.1, 0.15) is 23.6 Å². The first-order valence-corrected chi connectivity index (χ1v) is 8.87. The van der Waals surface area contributed by atoms with Gasteiger partial charge in [0.2, 0.25) is 5.54 Å². The van der Waals surface area contributed by atoms with E-state index in [0.717, 1.165) is 10.9 Å². The van der Waals surface area contributed by atoms with Gasteiger partial charge in [0.05, 0.1) is 4.90 Å². The normalized spacial score (nSPS) is 13.4. The van der Waals surface area contributed by atoms with E-state index in [2.05, 4.69) is 6.58 Å². The number of rotatable bonds is 6. The maximum atomic E-state index is 12.9. The zero-order chi connectivity index (χ0) is 21.4. The highest BCUT2D eigenvalue weighted by molar-refractivity contribution is 7.89. The van der Waals surface area contributed by atoms with E-state index in [4.69, 9.17) is 0 Å². The van der Waals surface area contributed by atoms with Gasteiger partial charge in [0.25, 0.3) is 10.0 Å². The van der Waals surface area contributed by atoms with Crippen molar-refractivity contribution in [2.24, 2.45) is 0 Å². The van der Waals surface area contributed by atoms with E-state index in [-0.39, 0.29) is 11.8 Å². The molecule has 0 fully saturated rings. The first-order chi connectivity index (χ1) is 11.9. The molecule has 1 rings (SSSR count). The summed E-state index contributed by atoms with van der Waals surface area (Å²) in [5.41, 5.74) is -1.08. The van der Waals surface area contributed by atoms with E-state index in [9.17, 15) is 34.8 Å². The molecule has 0 unspecified atom stereocenters. The molecule has 1 aromatic rings. The Morgan fingerprint density at radius 2 is 1.37 bits per heavy atom. The minimum absolute atomic E-state index is 0.122. The number of hydrogen-bond acceptors (Lipinski definition) is 4. The predicted molar refractivity (Wildman–Crippen MR) is 86.9 cm³/mol. The van der Waals surface area contributed by atoms with Gasteiger partial charge in [-0.25, -0.2) is 8.42 Å². The van der Waals surface area contributed by atoms with Crippen molar-refractivity contribution in [3.05, 3.63) is 41.2 Å². The fourth-order valence-corrected chi connectivity index (χ4v) is 3.73. The number of aryl methyl sites for hydroxylation is 3. The van der Waals surface area contributed by atoms with Gasteiger partial charge in [-0.05, 0) is 38.8 Å². The molecule has 0 saturated heterocycles. The summed E-state index contributed by atoms with van der Waals surface area (Å²) in [6.45, 7) is 7.60. The van der Waals surface area contributed by atoms with Crippen LogP contribution in [-0.2, 0) is 10.0 Å². The molecule has 27 heavy (non-hydrogen) atoms. The lowest BCUT2D eigenvalue weighted by Crippen LogP contribution is -2.65. The number of halogens is 6. The van der Waals surface area contributed by atoms with Gasteiger partial charge in [-0.3, -0.25) is 5.43 Å². The Morgan fingerprint density at radius 3 is 1.74 bits per heavy atom. The fraction of sp³-hybridized carbons (Fsp3) is 0.467. The van der Waals surface area contributed by atoms with Crippen molar-refractivity contribution in [1.29, 1.82) is 0 Å². The van der Waals surface area contributed by atoms with Gasteiger partial charge < -0.3 is 5.32 Å². The Kier molecular flexibility index (Phi) is 6.18. The number of hydrazine groups is 1. The first kappa shape index (κ1) is 23.1. The van der Waals surface area contributed by atoms with E-state index < -0.39 is 33.7 Å². The molecule has 5 nitrogen and oxygen atoms in total. The second kappa shape index (κ2) is 7.23. The minimum Gasteiger partial charge on any atom is -0.350 e. The largest absolute Gasteiger partial charge is 0.420 e. The molecule has 0 aliphatic carbocycles. The lowest BCUT2D eigenvalue weighted by molar-refractivity contribution is -0.299. The third-order valence-corrected chi connectivity index (χ3v) is 5.30. The zero-order valence-corrected chi connectivity index (χ0v) is 15.7. The summed E-state index contributed by atoms with van der Waals surface area (Å²) in [7, 11) is -4.28. The van der Waals surface area contributed by atoms with Crippen molar-refractivity contribution in [3.8, 4) is 0 Å². The summed E-state index contributed by atoms with van der Waals surface area (Å²) < 4.78 is 102. The Morgan fingerprint density at radius 1 is 0.963 bits per heavy atom. The average Bonchev–Trinajstić information content (AvgIpc) is 2.41. The highest BCUT2D eigenvalue weighted by Gasteiger charge is 2.68. The van der Waals surface area contributed by atoms with Crippen LogP contribution in [0.3, 0.4) is 0 Å². The summed E-state index contributed by atoms with van der Waals surface area (Å²) in [6, 6.07) is 3.14. The quantitative estimate of drug-likeness (QED) is 0.489. The molecule has 0 heterocycles. The summed E-state index contributed by atoms with van der Waals surface area (Å²) in [6.07, 6.45) is -11.4. The Bertz CT molecular complexity index is 794. The summed E-state index contributed by atoms with van der Waals surface area (Å²) in [5.74, 6) is -1.03. The first-order valence-electron chi connectivity index (χ1n) is 7.38. The molecule has 0 atom stereocenters. The molecule has 0 amide bonds.